The van der Waals surface area contributed by atoms with Crippen LogP contribution in [0.2, 0.25) is 0 Å². The maximum atomic E-state index is 13.5. The highest BCUT2D eigenvalue weighted by Crippen LogP contribution is 2.16. The van der Waals surface area contributed by atoms with Crippen molar-refractivity contribution in [3.63, 3.8) is 0 Å². The summed E-state index contributed by atoms with van der Waals surface area (Å²) in [5.74, 6) is -0.938. The Morgan fingerprint density at radius 2 is 2.10 bits per heavy atom. The summed E-state index contributed by atoms with van der Waals surface area (Å²) >= 11 is 0. The first-order valence-corrected chi connectivity index (χ1v) is 6.92. The number of amides is 1. The Morgan fingerprint density at radius 1 is 1.45 bits per heavy atom. The van der Waals surface area contributed by atoms with Gasteiger partial charge in [0.2, 0.25) is 0 Å². The number of benzene rings is 1. The fraction of sp³-hybridized carbons (Fsp3) is 0.273. The molecule has 0 heterocycles. The molecule has 108 valence electrons. The monoisotopic (exact) mass is 301 g/mol. The molecule has 0 aliphatic heterocycles. The molecule has 1 aromatic carbocycles. The Morgan fingerprint density at radius 3 is 2.60 bits per heavy atom. The Labute approximate surface area is 115 Å². The number of nitrogens with one attached hydrogen (secondary N) is 2. The van der Waals surface area contributed by atoms with E-state index in [-0.39, 0.29) is 5.56 Å². The standard InChI is InChI=1S/C11H12FN3O4S/c1-7(2)19-11(16)15-20(17,18)14-10-4-3-8(6-13)5-9(10)12/h3-5,7,14H,1-2H3,(H,15,16). The van der Waals surface area contributed by atoms with Crippen molar-refractivity contribution in [3.05, 3.63) is 29.6 Å². The highest BCUT2D eigenvalue weighted by molar-refractivity contribution is 7.91. The lowest BCUT2D eigenvalue weighted by atomic mass is 10.2. The van der Waals surface area contributed by atoms with E-state index < -0.39 is 33.9 Å². The fourth-order valence-electron chi connectivity index (χ4n) is 1.19. The molecule has 2 N–H and O–H groups in total. The molecule has 0 saturated carbocycles. The summed E-state index contributed by atoms with van der Waals surface area (Å²) in [5, 5.41) is 8.56. The summed E-state index contributed by atoms with van der Waals surface area (Å²) in [4.78, 5) is 11.2. The van der Waals surface area contributed by atoms with Gasteiger partial charge in [0.1, 0.15) is 5.82 Å². The first-order valence-electron chi connectivity index (χ1n) is 5.44. The van der Waals surface area contributed by atoms with E-state index in [1.165, 1.54) is 6.07 Å². The van der Waals surface area contributed by atoms with Crippen LogP contribution in [0.1, 0.15) is 19.4 Å². The van der Waals surface area contributed by atoms with E-state index in [1.807, 2.05) is 4.72 Å². The number of nitriles is 1. The number of rotatable bonds is 4. The molecule has 1 amide bonds. The van der Waals surface area contributed by atoms with Gasteiger partial charge in [-0.1, -0.05) is 0 Å². The average molecular weight is 301 g/mol. The lowest BCUT2D eigenvalue weighted by Gasteiger charge is -2.12. The summed E-state index contributed by atoms with van der Waals surface area (Å²) < 4.78 is 44.5. The Hall–Kier alpha value is -2.34. The van der Waals surface area contributed by atoms with Crippen LogP contribution in [0.15, 0.2) is 18.2 Å². The topological polar surface area (TPSA) is 108 Å². The van der Waals surface area contributed by atoms with Crippen molar-refractivity contribution in [1.29, 1.82) is 5.26 Å². The predicted octanol–water partition coefficient (Wildman–Crippen LogP) is 1.49. The third kappa shape index (κ3) is 4.74. The molecule has 1 aromatic rings. The summed E-state index contributed by atoms with van der Waals surface area (Å²) in [6.45, 7) is 3.08. The quantitative estimate of drug-likeness (QED) is 0.875. The zero-order chi connectivity index (χ0) is 15.3. The summed E-state index contributed by atoms with van der Waals surface area (Å²) in [7, 11) is -4.32. The van der Waals surface area contributed by atoms with Crippen LogP contribution in [0.4, 0.5) is 14.9 Å². The van der Waals surface area contributed by atoms with E-state index in [0.29, 0.717) is 0 Å². The fourth-order valence-corrected chi connectivity index (χ4v) is 1.96. The van der Waals surface area contributed by atoms with Crippen molar-refractivity contribution < 1.29 is 22.3 Å². The summed E-state index contributed by atoms with van der Waals surface area (Å²) in [6, 6.07) is 4.87. The maximum absolute atomic E-state index is 13.5. The van der Waals surface area contributed by atoms with Crippen molar-refractivity contribution in [1.82, 2.24) is 4.72 Å². The van der Waals surface area contributed by atoms with E-state index in [2.05, 4.69) is 4.74 Å². The van der Waals surface area contributed by atoms with Crippen LogP contribution in [-0.4, -0.2) is 20.6 Å². The largest absolute Gasteiger partial charge is 0.446 e. The molecule has 0 aromatic heterocycles. The second-order valence-corrected chi connectivity index (χ2v) is 5.38. The normalized spacial score (nSPS) is 10.8. The number of hydrogen-bond donors (Lipinski definition) is 2. The molecule has 0 radical (unpaired) electrons. The van der Waals surface area contributed by atoms with Crippen LogP contribution < -0.4 is 9.44 Å². The minimum atomic E-state index is -4.32. The smallest absolute Gasteiger partial charge is 0.422 e. The number of carbonyl (C=O) groups is 1. The van der Waals surface area contributed by atoms with Crippen molar-refractivity contribution in [2.45, 2.75) is 20.0 Å². The van der Waals surface area contributed by atoms with Gasteiger partial charge in [0, 0.05) is 0 Å². The van der Waals surface area contributed by atoms with Gasteiger partial charge < -0.3 is 4.74 Å². The number of ether oxygens (including phenoxy) is 1. The minimum absolute atomic E-state index is 0.0395. The molecule has 0 atom stereocenters. The number of carbonyl (C=O) groups excluding carboxylic acids is 1. The minimum Gasteiger partial charge on any atom is -0.446 e. The van der Waals surface area contributed by atoms with E-state index in [9.17, 15) is 17.6 Å². The van der Waals surface area contributed by atoms with Gasteiger partial charge >= 0.3 is 16.3 Å². The number of hydrogen-bond acceptors (Lipinski definition) is 5. The average Bonchev–Trinajstić information content (AvgIpc) is 2.29. The van der Waals surface area contributed by atoms with Gasteiger partial charge in [0.25, 0.3) is 0 Å². The molecule has 0 saturated heterocycles. The molecule has 0 unspecified atom stereocenters. The molecule has 0 fully saturated rings. The Kier molecular flexibility index (Phi) is 4.88. The molecular weight excluding hydrogens is 289 g/mol. The van der Waals surface area contributed by atoms with Crippen LogP contribution in [0, 0.1) is 17.1 Å². The van der Waals surface area contributed by atoms with Gasteiger partial charge in [-0.25, -0.2) is 13.9 Å². The lowest BCUT2D eigenvalue weighted by Crippen LogP contribution is -2.37. The molecule has 1 rings (SSSR count). The molecule has 0 aliphatic carbocycles. The zero-order valence-electron chi connectivity index (χ0n) is 10.7. The first-order chi connectivity index (χ1) is 9.23. The maximum Gasteiger partial charge on any atom is 0.422 e. The third-order valence-electron chi connectivity index (χ3n) is 1.90. The second kappa shape index (κ2) is 6.21. The van der Waals surface area contributed by atoms with Crippen LogP contribution in [-0.2, 0) is 14.9 Å². The molecule has 20 heavy (non-hydrogen) atoms. The molecule has 9 heteroatoms. The van der Waals surface area contributed by atoms with E-state index in [0.717, 1.165) is 12.1 Å². The molecular formula is C11H12FN3O4S. The highest BCUT2D eigenvalue weighted by Gasteiger charge is 2.18. The van der Waals surface area contributed by atoms with Gasteiger partial charge in [-0.05, 0) is 32.0 Å². The van der Waals surface area contributed by atoms with Crippen LogP contribution in [0.5, 0.6) is 0 Å². The number of anilines is 1. The van der Waals surface area contributed by atoms with Gasteiger partial charge in [-0.3, -0.25) is 4.72 Å². The Balaban J connectivity index is 2.82. The number of nitrogens with zero attached hydrogens (tertiary/aromatic N) is 1. The van der Waals surface area contributed by atoms with Crippen molar-refractivity contribution in [2.24, 2.45) is 0 Å². The van der Waals surface area contributed by atoms with Gasteiger partial charge in [-0.15, -0.1) is 0 Å². The lowest BCUT2D eigenvalue weighted by molar-refractivity contribution is 0.121. The molecule has 0 bridgehead atoms. The first kappa shape index (κ1) is 15.7. The summed E-state index contributed by atoms with van der Waals surface area (Å²) in [5.41, 5.74) is -0.355. The van der Waals surface area contributed by atoms with Gasteiger partial charge in [0.05, 0.1) is 23.4 Å². The van der Waals surface area contributed by atoms with Crippen LogP contribution in [0.3, 0.4) is 0 Å². The third-order valence-corrected chi connectivity index (χ3v) is 2.83. The predicted molar refractivity (Wildman–Crippen MR) is 68.4 cm³/mol. The van der Waals surface area contributed by atoms with E-state index in [1.54, 1.807) is 24.6 Å². The van der Waals surface area contributed by atoms with Crippen molar-refractivity contribution >= 4 is 22.0 Å². The van der Waals surface area contributed by atoms with Crippen LogP contribution in [0.25, 0.3) is 0 Å². The van der Waals surface area contributed by atoms with Gasteiger partial charge in [0.15, 0.2) is 0 Å². The van der Waals surface area contributed by atoms with E-state index in [4.69, 9.17) is 5.26 Å². The molecule has 7 nitrogen and oxygen atoms in total. The Bertz CT molecular complexity index is 652. The van der Waals surface area contributed by atoms with E-state index >= 15 is 0 Å². The zero-order valence-corrected chi connectivity index (χ0v) is 11.5. The number of halogens is 1. The van der Waals surface area contributed by atoms with Crippen LogP contribution >= 0.6 is 0 Å². The molecule has 0 spiro atoms. The highest BCUT2D eigenvalue weighted by atomic mass is 32.2. The molecule has 0 aliphatic rings. The van der Waals surface area contributed by atoms with Crippen molar-refractivity contribution in [3.8, 4) is 6.07 Å². The van der Waals surface area contributed by atoms with Crippen molar-refractivity contribution in [2.75, 3.05) is 4.72 Å². The summed E-state index contributed by atoms with van der Waals surface area (Å²) in [6.07, 6.45) is -1.68. The SMILES string of the molecule is CC(C)OC(=O)NS(=O)(=O)Nc1ccc(C#N)cc1F. The van der Waals surface area contributed by atoms with Gasteiger partial charge in [-0.2, -0.15) is 13.7 Å². The second-order valence-electron chi connectivity index (χ2n) is 3.97.